The van der Waals surface area contributed by atoms with Crippen LogP contribution in [-0.2, 0) is 13.2 Å². The largest absolute Gasteiger partial charge is 0.416 e. The van der Waals surface area contributed by atoms with Crippen LogP contribution >= 0.6 is 11.6 Å². The highest BCUT2D eigenvalue weighted by molar-refractivity contribution is 6.31. The molecule has 1 aromatic heterocycles. The zero-order valence-corrected chi connectivity index (χ0v) is 10.5. The smallest absolute Gasteiger partial charge is 0.394 e. The highest BCUT2D eigenvalue weighted by Crippen LogP contribution is 2.34. The second-order valence-corrected chi connectivity index (χ2v) is 4.39. The van der Waals surface area contributed by atoms with Crippen molar-refractivity contribution in [2.24, 2.45) is 7.05 Å². The third kappa shape index (κ3) is 3.11. The molecular formula is C11H10ClF3N4. The molecule has 0 aliphatic rings. The molecule has 0 saturated heterocycles. The number of nitrogens with zero attached hydrogens (tertiary/aromatic N) is 2. The number of hydrogen-bond donors (Lipinski definition) is 2. The molecule has 1 heterocycles. The van der Waals surface area contributed by atoms with Crippen LogP contribution < -0.4 is 11.1 Å². The van der Waals surface area contributed by atoms with Crippen molar-refractivity contribution in [3.63, 3.8) is 0 Å². The molecule has 4 nitrogen and oxygen atoms in total. The molecule has 0 radical (unpaired) electrons. The van der Waals surface area contributed by atoms with Gasteiger partial charge in [-0.2, -0.15) is 18.3 Å². The van der Waals surface area contributed by atoms with Gasteiger partial charge >= 0.3 is 6.18 Å². The second-order valence-electron chi connectivity index (χ2n) is 3.96. The van der Waals surface area contributed by atoms with Gasteiger partial charge in [-0.05, 0) is 18.2 Å². The van der Waals surface area contributed by atoms with Crippen molar-refractivity contribution in [3.8, 4) is 0 Å². The highest BCUT2D eigenvalue weighted by atomic mass is 35.5. The van der Waals surface area contributed by atoms with Crippen molar-refractivity contribution >= 4 is 28.8 Å². The molecule has 2 aromatic rings. The minimum atomic E-state index is -4.46. The monoisotopic (exact) mass is 290 g/mol. The Morgan fingerprint density at radius 3 is 2.53 bits per heavy atom. The van der Waals surface area contributed by atoms with Crippen LogP contribution in [0.25, 0.3) is 0 Å². The number of nitrogens with two attached hydrogens (primary N) is 1. The van der Waals surface area contributed by atoms with E-state index >= 15 is 0 Å². The summed E-state index contributed by atoms with van der Waals surface area (Å²) in [5, 5.41) is 6.67. The summed E-state index contributed by atoms with van der Waals surface area (Å²) >= 11 is 5.67. The van der Waals surface area contributed by atoms with Gasteiger partial charge in [0.15, 0.2) is 5.82 Å². The molecular weight excluding hydrogens is 281 g/mol. The zero-order valence-electron chi connectivity index (χ0n) is 9.79. The van der Waals surface area contributed by atoms with Gasteiger partial charge in [-0.15, -0.1) is 0 Å². The number of rotatable bonds is 2. The Hall–Kier alpha value is -1.89. The van der Waals surface area contributed by atoms with E-state index in [-0.39, 0.29) is 16.5 Å². The van der Waals surface area contributed by atoms with E-state index in [4.69, 9.17) is 17.3 Å². The Morgan fingerprint density at radius 2 is 2.00 bits per heavy atom. The molecule has 0 saturated carbocycles. The van der Waals surface area contributed by atoms with E-state index in [9.17, 15) is 13.2 Å². The van der Waals surface area contributed by atoms with Crippen molar-refractivity contribution < 1.29 is 13.2 Å². The summed E-state index contributed by atoms with van der Waals surface area (Å²) in [5.74, 6) is 0.276. The molecule has 19 heavy (non-hydrogen) atoms. The number of halogens is 4. The molecule has 2 rings (SSSR count). The molecule has 0 fully saturated rings. The predicted molar refractivity (Wildman–Crippen MR) is 67.4 cm³/mol. The van der Waals surface area contributed by atoms with Crippen molar-refractivity contribution in [2.75, 3.05) is 11.1 Å². The predicted octanol–water partition coefficient (Wildman–Crippen LogP) is 3.42. The van der Waals surface area contributed by atoms with Crippen LogP contribution in [0.3, 0.4) is 0 Å². The van der Waals surface area contributed by atoms with Crippen LogP contribution in [0.1, 0.15) is 5.56 Å². The molecule has 0 aliphatic carbocycles. The van der Waals surface area contributed by atoms with E-state index in [0.29, 0.717) is 5.69 Å². The van der Waals surface area contributed by atoms with Gasteiger partial charge in [0.1, 0.15) is 0 Å². The molecule has 102 valence electrons. The van der Waals surface area contributed by atoms with Crippen LogP contribution in [0, 0.1) is 0 Å². The Morgan fingerprint density at radius 1 is 1.32 bits per heavy atom. The molecule has 0 bridgehead atoms. The van der Waals surface area contributed by atoms with E-state index in [1.165, 1.54) is 16.9 Å². The quantitative estimate of drug-likeness (QED) is 0.891. The van der Waals surface area contributed by atoms with Gasteiger partial charge in [0.2, 0.25) is 0 Å². The van der Waals surface area contributed by atoms with Crippen LogP contribution in [0.4, 0.5) is 30.4 Å². The summed E-state index contributed by atoms with van der Waals surface area (Å²) in [7, 11) is 1.65. The summed E-state index contributed by atoms with van der Waals surface area (Å²) in [6.45, 7) is 0. The lowest BCUT2D eigenvalue weighted by Crippen LogP contribution is -2.06. The van der Waals surface area contributed by atoms with Crippen molar-refractivity contribution in [1.29, 1.82) is 0 Å². The number of nitrogens with one attached hydrogen (secondary N) is 1. The first kappa shape index (κ1) is 13.5. The van der Waals surface area contributed by atoms with Gasteiger partial charge in [-0.1, -0.05) is 11.6 Å². The lowest BCUT2D eigenvalue weighted by molar-refractivity contribution is -0.137. The van der Waals surface area contributed by atoms with Crippen LogP contribution in [-0.4, -0.2) is 9.78 Å². The zero-order chi connectivity index (χ0) is 14.2. The minimum Gasteiger partial charge on any atom is -0.394 e. The van der Waals surface area contributed by atoms with Gasteiger partial charge in [0.05, 0.1) is 11.3 Å². The third-order valence-electron chi connectivity index (χ3n) is 2.34. The molecule has 0 amide bonds. The van der Waals surface area contributed by atoms with Crippen LogP contribution in [0.5, 0.6) is 0 Å². The fourth-order valence-corrected chi connectivity index (χ4v) is 1.80. The van der Waals surface area contributed by atoms with Crippen molar-refractivity contribution in [2.45, 2.75) is 6.18 Å². The lowest BCUT2D eigenvalue weighted by atomic mass is 10.2. The molecule has 0 aliphatic heterocycles. The summed E-state index contributed by atoms with van der Waals surface area (Å²) in [6.07, 6.45) is -2.92. The van der Waals surface area contributed by atoms with Crippen molar-refractivity contribution in [1.82, 2.24) is 9.78 Å². The lowest BCUT2D eigenvalue weighted by Gasteiger charge is -2.10. The fourth-order valence-electron chi connectivity index (χ4n) is 1.57. The Bertz CT molecular complexity index is 606. The van der Waals surface area contributed by atoms with Crippen LogP contribution in [0.15, 0.2) is 24.4 Å². The molecule has 8 heteroatoms. The number of alkyl halides is 3. The molecule has 1 aromatic carbocycles. The molecule has 0 unspecified atom stereocenters. The number of nitrogen functional groups attached to an aromatic ring is 1. The summed E-state index contributed by atoms with van der Waals surface area (Å²) in [5.41, 5.74) is 5.32. The minimum absolute atomic E-state index is 0.0215. The second kappa shape index (κ2) is 4.65. The Balaban J connectivity index is 2.35. The van der Waals surface area contributed by atoms with E-state index in [2.05, 4.69) is 10.4 Å². The molecule has 0 spiro atoms. The fraction of sp³-hybridized carbons (Fsp3) is 0.182. The van der Waals surface area contributed by atoms with Gasteiger partial charge in [0.25, 0.3) is 0 Å². The van der Waals surface area contributed by atoms with Gasteiger partial charge < -0.3 is 11.1 Å². The standard InChI is InChI=1S/C11H10ClF3N4/c1-19-5-9(16)10(18-19)17-8-3-6(11(13,14)15)2-7(12)4-8/h2-5H,16H2,1H3,(H,17,18). The SMILES string of the molecule is Cn1cc(N)c(Nc2cc(Cl)cc(C(F)(F)F)c2)n1. The first-order valence-corrected chi connectivity index (χ1v) is 5.57. The van der Waals surface area contributed by atoms with E-state index < -0.39 is 11.7 Å². The molecule has 0 atom stereocenters. The van der Waals surface area contributed by atoms with E-state index in [0.717, 1.165) is 12.1 Å². The molecule has 3 N–H and O–H groups in total. The topological polar surface area (TPSA) is 55.9 Å². The third-order valence-corrected chi connectivity index (χ3v) is 2.56. The maximum absolute atomic E-state index is 12.6. The summed E-state index contributed by atoms with van der Waals surface area (Å²) in [6, 6.07) is 3.17. The Labute approximate surface area is 112 Å². The number of hydrogen-bond acceptors (Lipinski definition) is 3. The first-order valence-electron chi connectivity index (χ1n) is 5.19. The number of benzene rings is 1. The number of aromatic nitrogens is 2. The van der Waals surface area contributed by atoms with E-state index in [1.54, 1.807) is 7.05 Å². The van der Waals surface area contributed by atoms with Gasteiger partial charge in [-0.25, -0.2) is 0 Å². The summed E-state index contributed by atoms with van der Waals surface area (Å²) < 4.78 is 39.4. The highest BCUT2D eigenvalue weighted by Gasteiger charge is 2.31. The van der Waals surface area contributed by atoms with Gasteiger partial charge in [0, 0.05) is 24.0 Å². The van der Waals surface area contributed by atoms with Crippen LogP contribution in [0.2, 0.25) is 5.02 Å². The van der Waals surface area contributed by atoms with Crippen molar-refractivity contribution in [3.05, 3.63) is 35.0 Å². The normalized spacial score (nSPS) is 11.6. The van der Waals surface area contributed by atoms with E-state index in [1.807, 2.05) is 0 Å². The average molecular weight is 291 g/mol. The summed E-state index contributed by atoms with van der Waals surface area (Å²) in [4.78, 5) is 0. The first-order chi connectivity index (χ1) is 8.75. The Kier molecular flexibility index (Phi) is 3.32. The van der Waals surface area contributed by atoms with Gasteiger partial charge in [-0.3, -0.25) is 4.68 Å². The number of anilines is 3. The maximum Gasteiger partial charge on any atom is 0.416 e. The number of aryl methyl sites for hydroxylation is 1. The maximum atomic E-state index is 12.6. The average Bonchev–Trinajstić information content (AvgIpc) is 2.55.